The van der Waals surface area contributed by atoms with Gasteiger partial charge in [0.1, 0.15) is 28.0 Å². The molecule has 3 heterocycles. The minimum absolute atomic E-state index is 0.151. The molecule has 0 amide bonds. The molecule has 0 aliphatic heterocycles. The maximum atomic E-state index is 13.5. The third-order valence-corrected chi connectivity index (χ3v) is 6.94. The van der Waals surface area contributed by atoms with Crippen LogP contribution in [-0.4, -0.2) is 23.0 Å². The van der Waals surface area contributed by atoms with Crippen molar-refractivity contribution in [1.82, 2.24) is 14.5 Å². The standard InChI is InChI=1S/C24H20N4O3S/c29-32(30,20-11-5-2-6-12-20)21-16-28(15-18-8-3-1-4-9-18)23-22(21)26-17-27-24(23)25-14-19-10-7-13-31-19/h1-13,16-17H,14-15H2,(H,25,26,27). The van der Waals surface area contributed by atoms with Gasteiger partial charge in [-0.3, -0.25) is 0 Å². The van der Waals surface area contributed by atoms with Crippen LogP contribution in [0.2, 0.25) is 0 Å². The predicted octanol–water partition coefficient (Wildman–Crippen LogP) is 4.52. The summed E-state index contributed by atoms with van der Waals surface area (Å²) < 4.78 is 34.2. The van der Waals surface area contributed by atoms with E-state index < -0.39 is 9.84 Å². The topological polar surface area (TPSA) is 90.0 Å². The van der Waals surface area contributed by atoms with Crippen LogP contribution < -0.4 is 5.32 Å². The van der Waals surface area contributed by atoms with Crippen molar-refractivity contribution in [2.75, 3.05) is 5.32 Å². The third kappa shape index (κ3) is 3.76. The van der Waals surface area contributed by atoms with Gasteiger partial charge in [-0.2, -0.15) is 0 Å². The number of aromatic nitrogens is 3. The molecule has 8 heteroatoms. The number of sulfone groups is 1. The Bertz CT molecular complexity index is 1450. The molecule has 3 aromatic heterocycles. The number of fused-ring (bicyclic) bond motifs is 1. The van der Waals surface area contributed by atoms with Gasteiger partial charge in [-0.05, 0) is 29.8 Å². The maximum Gasteiger partial charge on any atom is 0.210 e. The molecule has 0 radical (unpaired) electrons. The molecule has 5 rings (SSSR count). The van der Waals surface area contributed by atoms with Crippen molar-refractivity contribution < 1.29 is 12.8 Å². The van der Waals surface area contributed by atoms with Crippen LogP contribution in [0.25, 0.3) is 11.0 Å². The molecule has 7 nitrogen and oxygen atoms in total. The molecule has 5 aromatic rings. The van der Waals surface area contributed by atoms with Crippen molar-refractivity contribution in [2.24, 2.45) is 0 Å². The maximum absolute atomic E-state index is 13.5. The van der Waals surface area contributed by atoms with E-state index in [4.69, 9.17) is 4.42 Å². The molecule has 32 heavy (non-hydrogen) atoms. The third-order valence-electron chi connectivity index (χ3n) is 5.16. The highest BCUT2D eigenvalue weighted by molar-refractivity contribution is 7.91. The monoisotopic (exact) mass is 444 g/mol. The Morgan fingerprint density at radius 1 is 0.906 bits per heavy atom. The van der Waals surface area contributed by atoms with E-state index in [1.807, 2.05) is 47.0 Å². The lowest BCUT2D eigenvalue weighted by Crippen LogP contribution is -2.05. The summed E-state index contributed by atoms with van der Waals surface area (Å²) in [6.07, 6.45) is 4.63. The fraction of sp³-hybridized carbons (Fsp3) is 0.0833. The highest BCUT2D eigenvalue weighted by Gasteiger charge is 2.26. The van der Waals surface area contributed by atoms with E-state index in [9.17, 15) is 8.42 Å². The largest absolute Gasteiger partial charge is 0.467 e. The lowest BCUT2D eigenvalue weighted by atomic mass is 10.2. The number of furan rings is 1. The van der Waals surface area contributed by atoms with Gasteiger partial charge in [0, 0.05) is 12.7 Å². The first kappa shape index (κ1) is 20.0. The highest BCUT2D eigenvalue weighted by Crippen LogP contribution is 2.32. The van der Waals surface area contributed by atoms with Crippen LogP contribution in [0.1, 0.15) is 11.3 Å². The van der Waals surface area contributed by atoms with Gasteiger partial charge in [0.2, 0.25) is 9.84 Å². The second-order valence-corrected chi connectivity index (χ2v) is 9.19. The molecule has 0 unspecified atom stereocenters. The van der Waals surface area contributed by atoms with Gasteiger partial charge in [0.15, 0.2) is 5.82 Å². The van der Waals surface area contributed by atoms with Crippen molar-refractivity contribution in [2.45, 2.75) is 22.9 Å². The Morgan fingerprint density at radius 2 is 1.66 bits per heavy atom. The number of nitrogens with one attached hydrogen (secondary N) is 1. The summed E-state index contributed by atoms with van der Waals surface area (Å²) in [6.45, 7) is 0.890. The number of hydrogen-bond acceptors (Lipinski definition) is 6. The zero-order valence-corrected chi connectivity index (χ0v) is 17.9. The zero-order valence-electron chi connectivity index (χ0n) is 17.0. The van der Waals surface area contributed by atoms with Gasteiger partial charge >= 0.3 is 0 Å². The quantitative estimate of drug-likeness (QED) is 0.397. The summed E-state index contributed by atoms with van der Waals surface area (Å²) >= 11 is 0. The van der Waals surface area contributed by atoms with Crippen molar-refractivity contribution in [3.05, 3.63) is 103 Å². The molecule has 0 aliphatic rings. The van der Waals surface area contributed by atoms with Crippen molar-refractivity contribution in [3.63, 3.8) is 0 Å². The summed E-state index contributed by atoms with van der Waals surface area (Å²) in [7, 11) is -3.77. The smallest absolute Gasteiger partial charge is 0.210 e. The Morgan fingerprint density at radius 3 is 2.38 bits per heavy atom. The summed E-state index contributed by atoms with van der Waals surface area (Å²) in [5, 5.41) is 3.26. The second-order valence-electron chi connectivity index (χ2n) is 7.28. The normalized spacial score (nSPS) is 11.6. The number of nitrogens with zero attached hydrogens (tertiary/aromatic N) is 3. The Hall–Kier alpha value is -3.91. The fourth-order valence-electron chi connectivity index (χ4n) is 3.64. The van der Waals surface area contributed by atoms with Crippen LogP contribution in [0.4, 0.5) is 5.82 Å². The predicted molar refractivity (Wildman–Crippen MR) is 121 cm³/mol. The van der Waals surface area contributed by atoms with Gasteiger partial charge < -0.3 is 14.3 Å². The number of benzene rings is 2. The molecular formula is C24H20N4O3S. The van der Waals surface area contributed by atoms with Crippen LogP contribution in [0.5, 0.6) is 0 Å². The molecule has 1 N–H and O–H groups in total. The highest BCUT2D eigenvalue weighted by atomic mass is 32.2. The van der Waals surface area contributed by atoms with Gasteiger partial charge in [-0.1, -0.05) is 48.5 Å². The Kier molecular flexibility index (Phi) is 5.20. The van der Waals surface area contributed by atoms with E-state index in [0.717, 1.165) is 11.3 Å². The van der Waals surface area contributed by atoms with Gasteiger partial charge in [-0.15, -0.1) is 0 Å². The minimum atomic E-state index is -3.77. The van der Waals surface area contributed by atoms with E-state index in [-0.39, 0.29) is 9.79 Å². The molecule has 0 aliphatic carbocycles. The van der Waals surface area contributed by atoms with E-state index in [0.29, 0.717) is 29.9 Å². The van der Waals surface area contributed by atoms with Crippen LogP contribution in [0, 0.1) is 0 Å². The summed E-state index contributed by atoms with van der Waals surface area (Å²) in [5.74, 6) is 1.28. The molecule has 0 fully saturated rings. The van der Waals surface area contributed by atoms with Crippen molar-refractivity contribution in [3.8, 4) is 0 Å². The van der Waals surface area contributed by atoms with Crippen LogP contribution in [0.15, 0.2) is 106 Å². The average molecular weight is 445 g/mol. The molecule has 2 aromatic carbocycles. The fourth-order valence-corrected chi connectivity index (χ4v) is 5.08. The first-order chi connectivity index (χ1) is 15.6. The van der Waals surface area contributed by atoms with Crippen LogP contribution >= 0.6 is 0 Å². The van der Waals surface area contributed by atoms with E-state index >= 15 is 0 Å². The van der Waals surface area contributed by atoms with Gasteiger partial charge in [0.05, 0.1) is 17.7 Å². The minimum Gasteiger partial charge on any atom is -0.467 e. The van der Waals surface area contributed by atoms with Crippen LogP contribution in [0.3, 0.4) is 0 Å². The zero-order chi connectivity index (χ0) is 22.0. The summed E-state index contributed by atoms with van der Waals surface area (Å²) in [5.41, 5.74) is 2.04. The second kappa shape index (κ2) is 8.32. The van der Waals surface area contributed by atoms with E-state index in [2.05, 4.69) is 15.3 Å². The Balaban J connectivity index is 1.66. The average Bonchev–Trinajstić information content (AvgIpc) is 3.48. The lowest BCUT2D eigenvalue weighted by Gasteiger charge is -2.10. The lowest BCUT2D eigenvalue weighted by molar-refractivity contribution is 0.518. The molecule has 0 saturated heterocycles. The van der Waals surface area contributed by atoms with Gasteiger partial charge in [-0.25, -0.2) is 18.4 Å². The van der Waals surface area contributed by atoms with Crippen molar-refractivity contribution >= 4 is 26.7 Å². The molecule has 0 spiro atoms. The van der Waals surface area contributed by atoms with Gasteiger partial charge in [0.25, 0.3) is 0 Å². The number of anilines is 1. The van der Waals surface area contributed by atoms with Crippen molar-refractivity contribution in [1.29, 1.82) is 0 Å². The SMILES string of the molecule is O=S(=O)(c1ccccc1)c1cn(Cc2ccccc2)c2c(NCc3ccco3)ncnc12. The number of rotatable bonds is 7. The Labute approximate surface area is 185 Å². The van der Waals surface area contributed by atoms with E-state index in [1.54, 1.807) is 42.8 Å². The first-order valence-corrected chi connectivity index (χ1v) is 11.6. The molecular weight excluding hydrogens is 424 g/mol. The summed E-state index contributed by atoms with van der Waals surface area (Å²) in [4.78, 5) is 9.14. The summed E-state index contributed by atoms with van der Waals surface area (Å²) in [6, 6.07) is 21.9. The molecule has 0 bridgehead atoms. The molecule has 160 valence electrons. The molecule has 0 saturated carbocycles. The first-order valence-electron chi connectivity index (χ1n) is 10.1. The van der Waals surface area contributed by atoms with Crippen LogP contribution in [-0.2, 0) is 22.9 Å². The number of hydrogen-bond donors (Lipinski definition) is 1. The molecule has 0 atom stereocenters. The van der Waals surface area contributed by atoms with E-state index in [1.165, 1.54) is 6.33 Å².